The maximum absolute atomic E-state index is 5.86. The van der Waals surface area contributed by atoms with E-state index in [0.29, 0.717) is 6.04 Å². The van der Waals surface area contributed by atoms with Gasteiger partial charge in [0.25, 0.3) is 0 Å². The lowest BCUT2D eigenvalue weighted by molar-refractivity contribution is 0.482. The molecule has 90 valence electrons. The molecular weight excluding hydrogens is 212 g/mol. The molecule has 3 rings (SSSR count). The van der Waals surface area contributed by atoms with Gasteiger partial charge in [-0.15, -0.1) is 0 Å². The highest BCUT2D eigenvalue weighted by molar-refractivity contribution is 5.92. The fourth-order valence-corrected chi connectivity index (χ4v) is 2.65. The third-order valence-electron chi connectivity index (χ3n) is 3.64. The summed E-state index contributed by atoms with van der Waals surface area (Å²) in [5, 5.41) is 8.68. The Hall–Kier alpha value is -1.71. The standard InChI is InChI=1S/C13H18N4/c1-9-4-2-3-7-17(9)13-11-8-10(14)5-6-12(11)15-16-13/h5-6,8-9H,2-4,7,14H2,1H3,(H,15,16). The molecule has 0 amide bonds. The molecule has 1 saturated heterocycles. The fourth-order valence-electron chi connectivity index (χ4n) is 2.65. The lowest BCUT2D eigenvalue weighted by Gasteiger charge is -2.33. The van der Waals surface area contributed by atoms with E-state index in [0.717, 1.165) is 29.0 Å². The number of hydrogen-bond acceptors (Lipinski definition) is 3. The van der Waals surface area contributed by atoms with Gasteiger partial charge in [0, 0.05) is 23.7 Å². The molecule has 1 aromatic heterocycles. The molecule has 1 aromatic carbocycles. The molecule has 4 nitrogen and oxygen atoms in total. The third-order valence-corrected chi connectivity index (χ3v) is 3.64. The van der Waals surface area contributed by atoms with Gasteiger partial charge in [-0.2, -0.15) is 5.10 Å². The summed E-state index contributed by atoms with van der Waals surface area (Å²) in [6, 6.07) is 6.48. The molecule has 0 saturated carbocycles. The van der Waals surface area contributed by atoms with Crippen molar-refractivity contribution in [1.82, 2.24) is 10.2 Å². The van der Waals surface area contributed by atoms with Crippen LogP contribution in [0, 0.1) is 0 Å². The van der Waals surface area contributed by atoms with Crippen LogP contribution >= 0.6 is 0 Å². The van der Waals surface area contributed by atoms with Gasteiger partial charge in [-0.3, -0.25) is 5.10 Å². The van der Waals surface area contributed by atoms with Crippen molar-refractivity contribution < 1.29 is 0 Å². The minimum absolute atomic E-state index is 0.566. The van der Waals surface area contributed by atoms with Crippen molar-refractivity contribution in [3.05, 3.63) is 18.2 Å². The summed E-state index contributed by atoms with van der Waals surface area (Å²) in [6.45, 7) is 3.36. The van der Waals surface area contributed by atoms with Gasteiger partial charge in [-0.1, -0.05) is 0 Å². The van der Waals surface area contributed by atoms with Gasteiger partial charge in [-0.05, 0) is 44.4 Å². The molecule has 3 N–H and O–H groups in total. The molecule has 2 heterocycles. The number of nitrogen functional groups attached to an aromatic ring is 1. The van der Waals surface area contributed by atoms with E-state index in [4.69, 9.17) is 5.73 Å². The molecule has 1 aliphatic heterocycles. The minimum Gasteiger partial charge on any atom is -0.399 e. The molecule has 0 spiro atoms. The Morgan fingerprint density at radius 3 is 3.12 bits per heavy atom. The lowest BCUT2D eigenvalue weighted by Crippen LogP contribution is -2.37. The lowest BCUT2D eigenvalue weighted by atomic mass is 10.0. The van der Waals surface area contributed by atoms with Crippen LogP contribution in [0.15, 0.2) is 18.2 Å². The van der Waals surface area contributed by atoms with Crippen LogP contribution in [0.3, 0.4) is 0 Å². The van der Waals surface area contributed by atoms with Crippen LogP contribution in [0.5, 0.6) is 0 Å². The number of nitrogens with zero attached hydrogens (tertiary/aromatic N) is 2. The molecule has 17 heavy (non-hydrogen) atoms. The SMILES string of the molecule is CC1CCCCN1c1n[nH]c2ccc(N)cc12. The van der Waals surface area contributed by atoms with Gasteiger partial charge in [0.2, 0.25) is 0 Å². The van der Waals surface area contributed by atoms with Crippen LogP contribution < -0.4 is 10.6 Å². The number of aromatic amines is 1. The van der Waals surface area contributed by atoms with E-state index in [-0.39, 0.29) is 0 Å². The van der Waals surface area contributed by atoms with E-state index < -0.39 is 0 Å². The van der Waals surface area contributed by atoms with Crippen molar-refractivity contribution in [3.8, 4) is 0 Å². The number of rotatable bonds is 1. The summed E-state index contributed by atoms with van der Waals surface area (Å²) in [6.07, 6.45) is 3.82. The highest BCUT2D eigenvalue weighted by Gasteiger charge is 2.22. The largest absolute Gasteiger partial charge is 0.399 e. The number of nitrogens with two attached hydrogens (primary N) is 1. The van der Waals surface area contributed by atoms with Crippen molar-refractivity contribution >= 4 is 22.4 Å². The number of benzene rings is 1. The number of hydrogen-bond donors (Lipinski definition) is 2. The average Bonchev–Trinajstić information content (AvgIpc) is 2.72. The van der Waals surface area contributed by atoms with E-state index in [1.807, 2.05) is 18.2 Å². The first kappa shape index (κ1) is 10.4. The minimum atomic E-state index is 0.566. The second kappa shape index (κ2) is 3.95. The van der Waals surface area contributed by atoms with Crippen LogP contribution in [0.4, 0.5) is 11.5 Å². The van der Waals surface area contributed by atoms with Crippen LogP contribution in [0.2, 0.25) is 0 Å². The molecule has 0 radical (unpaired) electrons. The van der Waals surface area contributed by atoms with E-state index in [9.17, 15) is 0 Å². The average molecular weight is 230 g/mol. The smallest absolute Gasteiger partial charge is 0.158 e. The Kier molecular flexibility index (Phi) is 2.42. The number of anilines is 2. The molecule has 1 unspecified atom stereocenters. The summed E-state index contributed by atoms with van der Waals surface area (Å²) >= 11 is 0. The normalized spacial score (nSPS) is 21.0. The first-order valence-corrected chi connectivity index (χ1v) is 6.26. The van der Waals surface area contributed by atoms with Gasteiger partial charge in [0.15, 0.2) is 5.82 Å². The summed E-state index contributed by atoms with van der Waals surface area (Å²) in [7, 11) is 0. The Morgan fingerprint density at radius 1 is 1.41 bits per heavy atom. The third kappa shape index (κ3) is 1.73. The second-order valence-electron chi connectivity index (χ2n) is 4.89. The first-order valence-electron chi connectivity index (χ1n) is 6.26. The highest BCUT2D eigenvalue weighted by atomic mass is 15.3. The molecule has 2 aromatic rings. The van der Waals surface area contributed by atoms with Crippen molar-refractivity contribution in [3.63, 3.8) is 0 Å². The van der Waals surface area contributed by atoms with Gasteiger partial charge >= 0.3 is 0 Å². The van der Waals surface area contributed by atoms with E-state index >= 15 is 0 Å². The number of fused-ring (bicyclic) bond motifs is 1. The monoisotopic (exact) mass is 230 g/mol. The molecule has 0 bridgehead atoms. The van der Waals surface area contributed by atoms with E-state index in [1.165, 1.54) is 19.3 Å². The number of aromatic nitrogens is 2. The molecule has 1 atom stereocenters. The maximum Gasteiger partial charge on any atom is 0.158 e. The topological polar surface area (TPSA) is 57.9 Å². The zero-order valence-corrected chi connectivity index (χ0v) is 10.1. The van der Waals surface area contributed by atoms with Crippen molar-refractivity contribution in [2.24, 2.45) is 0 Å². The zero-order valence-electron chi connectivity index (χ0n) is 10.1. The van der Waals surface area contributed by atoms with Gasteiger partial charge in [0.05, 0.1) is 5.52 Å². The zero-order chi connectivity index (χ0) is 11.8. The van der Waals surface area contributed by atoms with E-state index in [2.05, 4.69) is 22.0 Å². The van der Waals surface area contributed by atoms with Gasteiger partial charge in [0.1, 0.15) is 0 Å². The summed E-state index contributed by atoms with van der Waals surface area (Å²) in [5.41, 5.74) is 7.71. The predicted octanol–water partition coefficient (Wildman–Crippen LogP) is 2.52. The molecule has 1 aliphatic rings. The second-order valence-corrected chi connectivity index (χ2v) is 4.89. The van der Waals surface area contributed by atoms with Crippen molar-refractivity contribution in [1.29, 1.82) is 0 Å². The highest BCUT2D eigenvalue weighted by Crippen LogP contribution is 2.30. The molecule has 0 aliphatic carbocycles. The van der Waals surface area contributed by atoms with Crippen LogP contribution in [-0.4, -0.2) is 22.8 Å². The Bertz CT molecular complexity index is 531. The summed E-state index contributed by atoms with van der Waals surface area (Å²) < 4.78 is 0. The molecular formula is C13H18N4. The Balaban J connectivity index is 2.07. The number of piperidine rings is 1. The Morgan fingerprint density at radius 2 is 2.29 bits per heavy atom. The summed E-state index contributed by atoms with van der Waals surface area (Å²) in [4.78, 5) is 2.39. The summed E-state index contributed by atoms with van der Waals surface area (Å²) in [5.74, 6) is 1.06. The molecule has 1 fully saturated rings. The van der Waals surface area contributed by atoms with E-state index in [1.54, 1.807) is 0 Å². The number of H-pyrrole nitrogens is 1. The first-order chi connectivity index (χ1) is 8.25. The van der Waals surface area contributed by atoms with Crippen LogP contribution in [-0.2, 0) is 0 Å². The number of nitrogens with one attached hydrogen (secondary N) is 1. The van der Waals surface area contributed by atoms with Crippen molar-refractivity contribution in [2.45, 2.75) is 32.2 Å². The van der Waals surface area contributed by atoms with Gasteiger partial charge in [-0.25, -0.2) is 0 Å². The van der Waals surface area contributed by atoms with Crippen molar-refractivity contribution in [2.75, 3.05) is 17.2 Å². The van der Waals surface area contributed by atoms with Crippen LogP contribution in [0.1, 0.15) is 26.2 Å². The molecule has 4 heteroatoms. The van der Waals surface area contributed by atoms with Gasteiger partial charge < -0.3 is 10.6 Å². The predicted molar refractivity (Wildman–Crippen MR) is 71.2 cm³/mol. The van der Waals surface area contributed by atoms with Crippen LogP contribution in [0.25, 0.3) is 10.9 Å². The fraction of sp³-hybridized carbons (Fsp3) is 0.462. The Labute approximate surface area is 101 Å². The quantitative estimate of drug-likeness (QED) is 0.740. The maximum atomic E-state index is 5.86.